The fourth-order valence-electron chi connectivity index (χ4n) is 2.28. The van der Waals surface area contributed by atoms with Gasteiger partial charge in [0.05, 0.1) is 17.4 Å². The Bertz CT molecular complexity index is 771. The van der Waals surface area contributed by atoms with Crippen LogP contribution in [0, 0.1) is 0 Å². The van der Waals surface area contributed by atoms with Gasteiger partial charge >= 0.3 is 6.18 Å². The molecule has 25 heavy (non-hydrogen) atoms. The molecule has 0 aliphatic rings. The Kier molecular flexibility index (Phi) is 6.26. The van der Waals surface area contributed by atoms with Crippen molar-refractivity contribution < 1.29 is 21.6 Å². The normalized spacial score (nSPS) is 14.0. The van der Waals surface area contributed by atoms with Crippen LogP contribution in [-0.2, 0) is 22.0 Å². The van der Waals surface area contributed by atoms with Crippen molar-refractivity contribution in [1.82, 2.24) is 9.62 Å². The van der Waals surface area contributed by atoms with Crippen molar-refractivity contribution in [1.29, 1.82) is 0 Å². The SMILES string of the molecule is CN(C)C(CNS(=O)(=O)Cc1ccc(C(F)(F)F)cc1)c1cccs1. The highest BCUT2D eigenvalue weighted by Crippen LogP contribution is 2.29. The zero-order valence-corrected chi connectivity index (χ0v) is 15.4. The van der Waals surface area contributed by atoms with E-state index in [0.717, 1.165) is 17.0 Å². The molecule has 1 N–H and O–H groups in total. The van der Waals surface area contributed by atoms with Crippen molar-refractivity contribution in [3.8, 4) is 0 Å². The van der Waals surface area contributed by atoms with E-state index in [-0.39, 0.29) is 18.3 Å². The minimum atomic E-state index is -4.44. The minimum absolute atomic E-state index is 0.109. The summed E-state index contributed by atoms with van der Waals surface area (Å²) in [6.45, 7) is 0.191. The van der Waals surface area contributed by atoms with Crippen LogP contribution in [0.5, 0.6) is 0 Å². The number of thiophene rings is 1. The monoisotopic (exact) mass is 392 g/mol. The molecule has 1 aromatic heterocycles. The number of benzene rings is 1. The van der Waals surface area contributed by atoms with E-state index in [1.54, 1.807) is 0 Å². The van der Waals surface area contributed by atoms with Crippen LogP contribution in [0.2, 0.25) is 0 Å². The molecule has 2 aromatic rings. The molecular formula is C16H19F3N2O2S2. The predicted octanol–water partition coefficient (Wildman–Crippen LogP) is 3.49. The molecule has 2 rings (SSSR count). The first-order valence-corrected chi connectivity index (χ1v) is 9.95. The highest BCUT2D eigenvalue weighted by Gasteiger charge is 2.30. The lowest BCUT2D eigenvalue weighted by Gasteiger charge is -2.23. The molecule has 4 nitrogen and oxygen atoms in total. The third-order valence-corrected chi connectivity index (χ3v) is 5.92. The van der Waals surface area contributed by atoms with Crippen LogP contribution in [0.4, 0.5) is 13.2 Å². The first kappa shape index (κ1) is 19.9. The van der Waals surface area contributed by atoms with Gasteiger partial charge in [-0.2, -0.15) is 13.2 Å². The lowest BCUT2D eigenvalue weighted by atomic mass is 10.1. The summed E-state index contributed by atoms with van der Waals surface area (Å²) in [7, 11) is 0.0555. The fourth-order valence-corrected chi connectivity index (χ4v) is 4.35. The van der Waals surface area contributed by atoms with Gasteiger partial charge in [-0.05, 0) is 43.2 Å². The first-order chi connectivity index (χ1) is 11.6. The highest BCUT2D eigenvalue weighted by atomic mass is 32.2. The summed E-state index contributed by atoms with van der Waals surface area (Å²) >= 11 is 1.53. The molecule has 1 heterocycles. The Labute approximate surface area is 149 Å². The molecule has 138 valence electrons. The van der Waals surface area contributed by atoms with E-state index in [9.17, 15) is 21.6 Å². The van der Waals surface area contributed by atoms with Crippen molar-refractivity contribution in [3.63, 3.8) is 0 Å². The van der Waals surface area contributed by atoms with Crippen molar-refractivity contribution in [2.45, 2.75) is 18.0 Å². The summed E-state index contributed by atoms with van der Waals surface area (Å²) in [6.07, 6.45) is -4.44. The van der Waals surface area contributed by atoms with Gasteiger partial charge < -0.3 is 4.90 Å². The van der Waals surface area contributed by atoms with E-state index in [0.29, 0.717) is 5.56 Å². The summed E-state index contributed by atoms with van der Waals surface area (Å²) in [4.78, 5) is 2.94. The Hall–Kier alpha value is -1.42. The number of alkyl halides is 3. The summed E-state index contributed by atoms with van der Waals surface area (Å²) in [5, 5.41) is 1.92. The van der Waals surface area contributed by atoms with Crippen LogP contribution >= 0.6 is 11.3 Å². The molecule has 0 bridgehead atoms. The lowest BCUT2D eigenvalue weighted by molar-refractivity contribution is -0.137. The Morgan fingerprint density at radius 3 is 2.28 bits per heavy atom. The molecular weight excluding hydrogens is 373 g/mol. The molecule has 0 saturated carbocycles. The number of likely N-dealkylation sites (N-methyl/N-ethyl adjacent to an activating group) is 1. The molecule has 0 fully saturated rings. The number of nitrogens with one attached hydrogen (secondary N) is 1. The van der Waals surface area contributed by atoms with E-state index in [1.165, 1.54) is 23.5 Å². The lowest BCUT2D eigenvalue weighted by Crippen LogP contribution is -2.34. The van der Waals surface area contributed by atoms with Crippen LogP contribution in [-0.4, -0.2) is 34.0 Å². The molecule has 0 saturated heterocycles. The molecule has 0 aliphatic carbocycles. The van der Waals surface area contributed by atoms with Crippen LogP contribution in [0.15, 0.2) is 41.8 Å². The zero-order valence-electron chi connectivity index (χ0n) is 13.7. The van der Waals surface area contributed by atoms with E-state index < -0.39 is 21.8 Å². The highest BCUT2D eigenvalue weighted by molar-refractivity contribution is 7.88. The average molecular weight is 392 g/mol. The number of sulfonamides is 1. The second kappa shape index (κ2) is 7.86. The number of hydrogen-bond donors (Lipinski definition) is 1. The fraction of sp³-hybridized carbons (Fsp3) is 0.375. The molecule has 1 aromatic carbocycles. The summed E-state index contributed by atoms with van der Waals surface area (Å²) in [6, 6.07) is 7.86. The first-order valence-electron chi connectivity index (χ1n) is 7.42. The van der Waals surface area contributed by atoms with Gasteiger partial charge in [-0.25, -0.2) is 13.1 Å². The van der Waals surface area contributed by atoms with Crippen molar-refractivity contribution in [3.05, 3.63) is 57.8 Å². The number of hydrogen-bond acceptors (Lipinski definition) is 4. The molecule has 0 spiro atoms. The second-order valence-corrected chi connectivity index (χ2v) is 8.58. The van der Waals surface area contributed by atoms with Gasteiger partial charge in [0, 0.05) is 11.4 Å². The molecule has 9 heteroatoms. The number of halogens is 3. The maximum Gasteiger partial charge on any atom is 0.416 e. The van der Waals surface area contributed by atoms with E-state index in [2.05, 4.69) is 4.72 Å². The van der Waals surface area contributed by atoms with Crippen molar-refractivity contribution in [2.24, 2.45) is 0 Å². The van der Waals surface area contributed by atoms with Crippen molar-refractivity contribution in [2.75, 3.05) is 20.6 Å². The van der Waals surface area contributed by atoms with Gasteiger partial charge in [-0.3, -0.25) is 0 Å². The number of rotatable bonds is 7. The zero-order chi connectivity index (χ0) is 18.7. The summed E-state index contributed by atoms with van der Waals surface area (Å²) < 4.78 is 64.6. The predicted molar refractivity (Wildman–Crippen MR) is 92.8 cm³/mol. The van der Waals surface area contributed by atoms with Gasteiger partial charge in [0.1, 0.15) is 0 Å². The van der Waals surface area contributed by atoms with Crippen LogP contribution in [0.1, 0.15) is 22.0 Å². The molecule has 0 amide bonds. The minimum Gasteiger partial charge on any atom is -0.300 e. The van der Waals surface area contributed by atoms with Gasteiger partial charge in [0.15, 0.2) is 0 Å². The molecule has 0 radical (unpaired) electrons. The van der Waals surface area contributed by atoms with E-state index in [4.69, 9.17) is 0 Å². The summed E-state index contributed by atoms with van der Waals surface area (Å²) in [5.41, 5.74) is -0.495. The standard InChI is InChI=1S/C16H19F3N2O2S2/c1-21(2)14(15-4-3-9-24-15)10-20-25(22,23)11-12-5-7-13(8-6-12)16(17,18)19/h3-9,14,20H,10-11H2,1-2H3. The second-order valence-electron chi connectivity index (χ2n) is 5.80. The van der Waals surface area contributed by atoms with Gasteiger partial charge in [0.25, 0.3) is 0 Å². The van der Waals surface area contributed by atoms with Gasteiger partial charge in [-0.1, -0.05) is 18.2 Å². The summed E-state index contributed by atoms with van der Waals surface area (Å²) in [5.74, 6) is -0.365. The maximum absolute atomic E-state index is 12.5. The van der Waals surface area contributed by atoms with Crippen molar-refractivity contribution >= 4 is 21.4 Å². The number of nitrogens with zero attached hydrogens (tertiary/aromatic N) is 1. The molecule has 1 atom stereocenters. The smallest absolute Gasteiger partial charge is 0.300 e. The molecule has 1 unspecified atom stereocenters. The Morgan fingerprint density at radius 1 is 1.16 bits per heavy atom. The van der Waals surface area contributed by atoms with E-state index in [1.807, 2.05) is 36.5 Å². The maximum atomic E-state index is 12.5. The molecule has 0 aliphatic heterocycles. The topological polar surface area (TPSA) is 49.4 Å². The van der Waals surface area contributed by atoms with Crippen LogP contribution in [0.3, 0.4) is 0 Å². The Balaban J connectivity index is 2.02. The van der Waals surface area contributed by atoms with Crippen LogP contribution in [0.25, 0.3) is 0 Å². The third kappa shape index (κ3) is 5.81. The third-order valence-electron chi connectivity index (χ3n) is 3.63. The largest absolute Gasteiger partial charge is 0.416 e. The quantitative estimate of drug-likeness (QED) is 0.785. The van der Waals surface area contributed by atoms with Gasteiger partial charge in [-0.15, -0.1) is 11.3 Å². The Morgan fingerprint density at radius 2 is 1.80 bits per heavy atom. The van der Waals surface area contributed by atoms with Crippen LogP contribution < -0.4 is 4.72 Å². The average Bonchev–Trinajstić information content (AvgIpc) is 3.00. The van der Waals surface area contributed by atoms with E-state index >= 15 is 0 Å². The van der Waals surface area contributed by atoms with Gasteiger partial charge in [0.2, 0.25) is 10.0 Å².